The zero-order valence-electron chi connectivity index (χ0n) is 14.5. The molecule has 0 saturated carbocycles. The lowest BCUT2D eigenvalue weighted by Crippen LogP contribution is -2.62. The van der Waals surface area contributed by atoms with Crippen LogP contribution in [-0.2, 0) is 27.4 Å². The van der Waals surface area contributed by atoms with Gasteiger partial charge in [0, 0.05) is 0 Å². The largest absolute Gasteiger partial charge is 0.385 e. The quantitative estimate of drug-likeness (QED) is 0.688. The predicted octanol–water partition coefficient (Wildman–Crippen LogP) is 1.19. The van der Waals surface area contributed by atoms with Gasteiger partial charge in [-0.3, -0.25) is 0 Å². The summed E-state index contributed by atoms with van der Waals surface area (Å²) in [4.78, 5) is 0. The average molecular weight is 359 g/mol. The highest BCUT2D eigenvalue weighted by Gasteiger charge is 2.43. The monoisotopic (exact) mass is 359 g/mol. The van der Waals surface area contributed by atoms with E-state index in [0.29, 0.717) is 13.2 Å². The van der Waals surface area contributed by atoms with E-state index >= 15 is 0 Å². The summed E-state index contributed by atoms with van der Waals surface area (Å²) in [5, 5.41) is 20.2. The molecule has 26 heavy (non-hydrogen) atoms. The van der Waals surface area contributed by atoms with E-state index in [4.69, 9.17) is 19.9 Å². The van der Waals surface area contributed by atoms with E-state index in [0.717, 1.165) is 11.1 Å². The number of rotatable bonds is 7. The second-order valence-electron chi connectivity index (χ2n) is 6.39. The maximum Gasteiger partial charge on any atom is 0.183 e. The zero-order chi connectivity index (χ0) is 18.4. The van der Waals surface area contributed by atoms with Crippen molar-refractivity contribution >= 4 is 0 Å². The number of aliphatic hydroxyl groups excluding tert-OH is 2. The summed E-state index contributed by atoms with van der Waals surface area (Å²) in [6.07, 6.45) is -3.89. The van der Waals surface area contributed by atoms with Gasteiger partial charge < -0.3 is 30.2 Å². The molecule has 0 amide bonds. The molecule has 0 aromatic heterocycles. The normalized spacial score (nSPS) is 28.8. The molecule has 0 bridgehead atoms. The van der Waals surface area contributed by atoms with Crippen molar-refractivity contribution in [1.29, 1.82) is 0 Å². The average Bonchev–Trinajstić information content (AvgIpc) is 2.67. The van der Waals surface area contributed by atoms with Gasteiger partial charge in [-0.25, -0.2) is 0 Å². The highest BCUT2D eigenvalue weighted by Crippen LogP contribution is 2.23. The molecule has 6 nitrogen and oxygen atoms in total. The summed E-state index contributed by atoms with van der Waals surface area (Å²) in [6.45, 7) is 0.910. The van der Waals surface area contributed by atoms with Crippen LogP contribution in [0.5, 0.6) is 0 Å². The van der Waals surface area contributed by atoms with Gasteiger partial charge in [0.05, 0.1) is 25.9 Å². The summed E-state index contributed by atoms with van der Waals surface area (Å²) in [7, 11) is 0. The molecular weight excluding hydrogens is 334 g/mol. The van der Waals surface area contributed by atoms with E-state index in [2.05, 4.69) is 0 Å². The molecule has 3 rings (SSSR count). The van der Waals surface area contributed by atoms with Gasteiger partial charge in [0.15, 0.2) is 6.29 Å². The number of ether oxygens (including phenoxy) is 3. The molecule has 0 radical (unpaired) electrons. The van der Waals surface area contributed by atoms with Crippen LogP contribution >= 0.6 is 0 Å². The molecule has 1 fully saturated rings. The minimum Gasteiger partial charge on any atom is -0.385 e. The van der Waals surface area contributed by atoms with Crippen molar-refractivity contribution in [2.75, 3.05) is 6.61 Å². The third-order valence-electron chi connectivity index (χ3n) is 4.43. The highest BCUT2D eigenvalue weighted by atomic mass is 16.6. The maximum absolute atomic E-state index is 10.2. The first-order valence-corrected chi connectivity index (χ1v) is 8.69. The summed E-state index contributed by atoms with van der Waals surface area (Å²) in [5.74, 6) is 0. The van der Waals surface area contributed by atoms with Gasteiger partial charge in [-0.2, -0.15) is 0 Å². The Balaban J connectivity index is 1.55. The maximum atomic E-state index is 10.2. The fourth-order valence-corrected chi connectivity index (χ4v) is 2.95. The first-order valence-electron chi connectivity index (χ1n) is 8.69. The summed E-state index contributed by atoms with van der Waals surface area (Å²) >= 11 is 0. The van der Waals surface area contributed by atoms with Crippen LogP contribution < -0.4 is 5.73 Å². The van der Waals surface area contributed by atoms with Crippen molar-refractivity contribution in [2.24, 2.45) is 5.73 Å². The molecule has 2 aromatic rings. The van der Waals surface area contributed by atoms with Crippen molar-refractivity contribution in [3.8, 4) is 0 Å². The van der Waals surface area contributed by atoms with Crippen LogP contribution in [0, 0.1) is 0 Å². The Hall–Kier alpha value is -1.80. The van der Waals surface area contributed by atoms with Crippen molar-refractivity contribution < 1.29 is 24.4 Å². The van der Waals surface area contributed by atoms with Crippen LogP contribution in [0.3, 0.4) is 0 Å². The van der Waals surface area contributed by atoms with Crippen LogP contribution in [-0.4, -0.2) is 47.5 Å². The van der Waals surface area contributed by atoms with Crippen molar-refractivity contribution in [3.05, 3.63) is 71.8 Å². The third-order valence-corrected chi connectivity index (χ3v) is 4.43. The lowest BCUT2D eigenvalue weighted by atomic mass is 9.97. The minimum atomic E-state index is -1.36. The second-order valence-corrected chi connectivity index (χ2v) is 6.39. The Morgan fingerprint density at radius 1 is 0.885 bits per heavy atom. The summed E-state index contributed by atoms with van der Waals surface area (Å²) in [6, 6.07) is 18.7. The molecule has 4 N–H and O–H groups in total. The Bertz CT molecular complexity index is 654. The Morgan fingerprint density at radius 2 is 1.46 bits per heavy atom. The lowest BCUT2D eigenvalue weighted by molar-refractivity contribution is -0.270. The first kappa shape index (κ1) is 19.0. The molecule has 0 spiro atoms. The van der Waals surface area contributed by atoms with E-state index in [1.165, 1.54) is 0 Å². The Labute approximate surface area is 153 Å². The Kier molecular flexibility index (Phi) is 6.73. The van der Waals surface area contributed by atoms with Gasteiger partial charge in [0.1, 0.15) is 18.3 Å². The van der Waals surface area contributed by atoms with E-state index < -0.39 is 30.6 Å². The van der Waals surface area contributed by atoms with Gasteiger partial charge in [-0.1, -0.05) is 60.7 Å². The number of benzene rings is 2. The van der Waals surface area contributed by atoms with Crippen LogP contribution in [0.2, 0.25) is 0 Å². The number of aliphatic hydroxyl groups is 2. The van der Waals surface area contributed by atoms with Gasteiger partial charge in [-0.15, -0.1) is 0 Å². The van der Waals surface area contributed by atoms with Crippen molar-refractivity contribution in [3.63, 3.8) is 0 Å². The van der Waals surface area contributed by atoms with E-state index in [-0.39, 0.29) is 6.61 Å². The molecule has 0 aliphatic carbocycles. The fraction of sp³-hybridized carbons (Fsp3) is 0.400. The molecule has 4 unspecified atom stereocenters. The number of hydrogen-bond acceptors (Lipinski definition) is 6. The van der Waals surface area contributed by atoms with Gasteiger partial charge in [-0.05, 0) is 11.1 Å². The van der Waals surface area contributed by atoms with E-state index in [1.807, 2.05) is 60.7 Å². The zero-order valence-corrected chi connectivity index (χ0v) is 14.5. The van der Waals surface area contributed by atoms with E-state index in [1.54, 1.807) is 0 Å². The molecule has 1 heterocycles. The molecule has 5 atom stereocenters. The second kappa shape index (κ2) is 9.23. The summed E-state index contributed by atoms with van der Waals surface area (Å²) < 4.78 is 16.9. The number of nitrogens with two attached hydrogens (primary N) is 1. The van der Waals surface area contributed by atoms with Crippen LogP contribution in [0.25, 0.3) is 0 Å². The SMILES string of the molecule is NC1C(COCc2ccccc2)O[C@@H](O)C(O)C1OCc1ccccc1. The van der Waals surface area contributed by atoms with Gasteiger partial charge in [0.2, 0.25) is 0 Å². The fourth-order valence-electron chi connectivity index (χ4n) is 2.95. The Morgan fingerprint density at radius 3 is 2.08 bits per heavy atom. The smallest absolute Gasteiger partial charge is 0.183 e. The lowest BCUT2D eigenvalue weighted by Gasteiger charge is -2.41. The van der Waals surface area contributed by atoms with Crippen LogP contribution in [0.1, 0.15) is 11.1 Å². The number of hydrogen-bond donors (Lipinski definition) is 3. The summed E-state index contributed by atoms with van der Waals surface area (Å²) in [5.41, 5.74) is 8.22. The van der Waals surface area contributed by atoms with Gasteiger partial charge in [0.25, 0.3) is 0 Å². The van der Waals surface area contributed by atoms with Crippen molar-refractivity contribution in [1.82, 2.24) is 0 Å². The third kappa shape index (κ3) is 4.88. The molecule has 2 aromatic carbocycles. The standard InChI is InChI=1S/C20H25NO5/c21-17-16(13-24-11-14-7-3-1-4-8-14)26-20(23)18(22)19(17)25-12-15-9-5-2-6-10-15/h1-10,16-20,22-23H,11-13,21H2/t16?,17?,18?,19?,20-/m1/s1. The van der Waals surface area contributed by atoms with Gasteiger partial charge >= 0.3 is 0 Å². The topological polar surface area (TPSA) is 94.2 Å². The molecule has 1 aliphatic rings. The molecule has 1 aliphatic heterocycles. The highest BCUT2D eigenvalue weighted by molar-refractivity contribution is 5.14. The van der Waals surface area contributed by atoms with Crippen LogP contribution in [0.15, 0.2) is 60.7 Å². The van der Waals surface area contributed by atoms with E-state index in [9.17, 15) is 10.2 Å². The minimum absolute atomic E-state index is 0.199. The predicted molar refractivity (Wildman–Crippen MR) is 96.0 cm³/mol. The van der Waals surface area contributed by atoms with Crippen LogP contribution in [0.4, 0.5) is 0 Å². The molecule has 1 saturated heterocycles. The van der Waals surface area contributed by atoms with Crippen molar-refractivity contribution in [2.45, 2.75) is 43.9 Å². The molecule has 6 heteroatoms. The molecule has 140 valence electrons. The first-order chi connectivity index (χ1) is 12.6. The molecular formula is C20H25NO5.